The predicted octanol–water partition coefficient (Wildman–Crippen LogP) is 5.91. The van der Waals surface area contributed by atoms with Gasteiger partial charge in [0.05, 0.1) is 7.11 Å². The number of hydrogen-bond donors (Lipinski definition) is 1. The Kier molecular flexibility index (Phi) is 6.05. The number of carbonyl (C=O) groups excluding carboxylic acids is 2. The van der Waals surface area contributed by atoms with Crippen molar-refractivity contribution in [1.29, 1.82) is 0 Å². The lowest BCUT2D eigenvalue weighted by molar-refractivity contribution is 0.101. The van der Waals surface area contributed by atoms with Gasteiger partial charge in [0, 0.05) is 40.5 Å². The van der Waals surface area contributed by atoms with Gasteiger partial charge in [-0.15, -0.1) is 11.3 Å². The number of methoxy groups -OCH3 is 1. The Labute approximate surface area is 190 Å². The summed E-state index contributed by atoms with van der Waals surface area (Å²) in [6.45, 7) is 4.05. The molecule has 0 radical (unpaired) electrons. The number of nitrogens with zero attached hydrogens (tertiary/aromatic N) is 1. The van der Waals surface area contributed by atoms with Crippen LogP contribution >= 0.6 is 11.3 Å². The fourth-order valence-electron chi connectivity index (χ4n) is 3.43. The van der Waals surface area contributed by atoms with Crippen molar-refractivity contribution in [3.8, 4) is 16.2 Å². The number of benzene rings is 2. The molecule has 0 saturated carbocycles. The zero-order chi connectivity index (χ0) is 22.7. The summed E-state index contributed by atoms with van der Waals surface area (Å²) < 4.78 is 7.22. The highest BCUT2D eigenvalue weighted by Crippen LogP contribution is 2.34. The second-order valence-corrected chi connectivity index (χ2v) is 8.18. The molecule has 1 N–H and O–H groups in total. The Bertz CT molecular complexity index is 1290. The van der Waals surface area contributed by atoms with Gasteiger partial charge in [-0.1, -0.05) is 12.6 Å². The number of thiophene rings is 1. The highest BCUT2D eigenvalue weighted by atomic mass is 32.1. The van der Waals surface area contributed by atoms with E-state index in [-0.39, 0.29) is 11.7 Å². The van der Waals surface area contributed by atoms with Crippen LogP contribution in [0.2, 0.25) is 0 Å². The van der Waals surface area contributed by atoms with Gasteiger partial charge in [-0.3, -0.25) is 9.59 Å². The topological polar surface area (TPSA) is 60.3 Å². The maximum atomic E-state index is 13.1. The van der Waals surface area contributed by atoms with Crippen molar-refractivity contribution >= 4 is 34.3 Å². The maximum Gasteiger partial charge on any atom is 0.272 e. The molecule has 0 aliphatic heterocycles. The van der Waals surface area contributed by atoms with E-state index >= 15 is 0 Å². The van der Waals surface area contributed by atoms with Crippen molar-refractivity contribution < 1.29 is 14.3 Å². The third-order valence-corrected chi connectivity index (χ3v) is 6.10. The van der Waals surface area contributed by atoms with Crippen molar-refractivity contribution in [3.63, 3.8) is 0 Å². The number of hydrogen-bond acceptors (Lipinski definition) is 4. The van der Waals surface area contributed by atoms with Crippen LogP contribution in [0.25, 0.3) is 16.0 Å². The first-order valence-corrected chi connectivity index (χ1v) is 10.8. The number of rotatable bonds is 7. The molecule has 4 aromatic rings. The Morgan fingerprint density at radius 2 is 1.81 bits per heavy atom. The molecule has 0 bridgehead atoms. The molecular formula is C26H22N2O3S. The number of aromatic nitrogens is 1. The summed E-state index contributed by atoms with van der Waals surface area (Å²) in [5.74, 6) is 0.179. The average Bonchev–Trinajstić information content (AvgIpc) is 3.50. The minimum atomic E-state index is -0.212. The van der Waals surface area contributed by atoms with Crippen molar-refractivity contribution in [1.82, 2.24) is 4.57 Å². The highest BCUT2D eigenvalue weighted by molar-refractivity contribution is 7.13. The molecule has 160 valence electrons. The Hall–Kier alpha value is -3.90. The molecule has 4 rings (SSSR count). The van der Waals surface area contributed by atoms with Crippen LogP contribution in [0, 0.1) is 0 Å². The lowest BCUT2D eigenvalue weighted by Crippen LogP contribution is -2.15. The van der Waals surface area contributed by atoms with Gasteiger partial charge in [-0.05, 0) is 71.6 Å². The fourth-order valence-corrected chi connectivity index (χ4v) is 4.16. The molecule has 1 amide bonds. The lowest BCUT2D eigenvalue weighted by Gasteiger charge is -2.13. The largest absolute Gasteiger partial charge is 0.496 e. The van der Waals surface area contributed by atoms with Gasteiger partial charge in [0.2, 0.25) is 0 Å². The Balaban J connectivity index is 1.54. The standard InChI is InChI=1S/C26H22N2O3S/c1-17(21-16-19(10-13-23(21)31-3)24-7-5-15-32-24)25(29)18-8-11-20(12-9-18)27-26(30)22-6-4-14-28(22)2/h4-16H,1H2,2-3H3,(H,27,30). The first-order valence-electron chi connectivity index (χ1n) is 9.96. The molecule has 2 aromatic heterocycles. The summed E-state index contributed by atoms with van der Waals surface area (Å²) in [7, 11) is 3.38. The number of nitrogens with one attached hydrogen (secondary N) is 1. The first-order chi connectivity index (χ1) is 15.5. The molecule has 0 aliphatic rings. The number of anilines is 1. The summed E-state index contributed by atoms with van der Waals surface area (Å²) in [6.07, 6.45) is 1.81. The number of amides is 1. The van der Waals surface area contributed by atoms with E-state index in [0.29, 0.717) is 33.8 Å². The number of Topliss-reactive ketones (excluding diaryl/α,β-unsaturated/α-hetero) is 1. The van der Waals surface area contributed by atoms with Crippen LogP contribution in [-0.4, -0.2) is 23.4 Å². The summed E-state index contributed by atoms with van der Waals surface area (Å²) >= 11 is 1.63. The molecule has 0 unspecified atom stereocenters. The van der Waals surface area contributed by atoms with E-state index in [1.165, 1.54) is 0 Å². The molecule has 0 atom stereocenters. The number of allylic oxidation sites excluding steroid dienone is 1. The van der Waals surface area contributed by atoms with Crippen molar-refractivity contribution in [2.24, 2.45) is 7.05 Å². The van der Waals surface area contributed by atoms with E-state index in [0.717, 1.165) is 10.4 Å². The van der Waals surface area contributed by atoms with Gasteiger partial charge < -0.3 is 14.6 Å². The molecule has 6 heteroatoms. The third kappa shape index (κ3) is 4.26. The molecule has 0 spiro atoms. The normalized spacial score (nSPS) is 10.6. The number of carbonyl (C=O) groups is 2. The van der Waals surface area contributed by atoms with Gasteiger partial charge in [0.1, 0.15) is 11.4 Å². The second kappa shape index (κ2) is 9.08. The molecule has 2 heterocycles. The Morgan fingerprint density at radius 3 is 2.44 bits per heavy atom. The molecule has 0 fully saturated rings. The van der Waals surface area contributed by atoms with Crippen LogP contribution in [0.15, 0.2) is 84.9 Å². The van der Waals surface area contributed by atoms with E-state index in [1.54, 1.807) is 53.3 Å². The molecule has 0 aliphatic carbocycles. The van der Waals surface area contributed by atoms with Crippen molar-refractivity contribution in [3.05, 3.63) is 102 Å². The monoisotopic (exact) mass is 442 g/mol. The zero-order valence-corrected chi connectivity index (χ0v) is 18.6. The minimum Gasteiger partial charge on any atom is -0.496 e. The van der Waals surface area contributed by atoms with Crippen LogP contribution < -0.4 is 10.1 Å². The average molecular weight is 443 g/mol. The van der Waals surface area contributed by atoms with E-state index in [9.17, 15) is 9.59 Å². The van der Waals surface area contributed by atoms with Crippen LogP contribution in [0.1, 0.15) is 26.4 Å². The van der Waals surface area contributed by atoms with Crippen molar-refractivity contribution in [2.75, 3.05) is 12.4 Å². The second-order valence-electron chi connectivity index (χ2n) is 7.24. The van der Waals surface area contributed by atoms with Gasteiger partial charge in [-0.2, -0.15) is 0 Å². The highest BCUT2D eigenvalue weighted by Gasteiger charge is 2.18. The summed E-state index contributed by atoms with van der Waals surface area (Å²) in [5, 5.41) is 4.85. The Morgan fingerprint density at radius 1 is 1.03 bits per heavy atom. The summed E-state index contributed by atoms with van der Waals surface area (Å²) in [6, 6.07) is 20.1. The molecule has 0 saturated heterocycles. The first kappa shape index (κ1) is 21.3. The summed E-state index contributed by atoms with van der Waals surface area (Å²) in [5.41, 5.74) is 3.65. The fraction of sp³-hybridized carbons (Fsp3) is 0.0769. The van der Waals surface area contributed by atoms with Crippen molar-refractivity contribution in [2.45, 2.75) is 0 Å². The maximum absolute atomic E-state index is 13.1. The zero-order valence-electron chi connectivity index (χ0n) is 17.8. The molecular weight excluding hydrogens is 420 g/mol. The molecule has 5 nitrogen and oxygen atoms in total. The summed E-state index contributed by atoms with van der Waals surface area (Å²) in [4.78, 5) is 26.6. The lowest BCUT2D eigenvalue weighted by atomic mass is 9.95. The SMILES string of the molecule is C=C(C(=O)c1ccc(NC(=O)c2cccn2C)cc1)c1cc(-c2cccs2)ccc1OC. The van der Waals surface area contributed by atoms with Gasteiger partial charge in [0.15, 0.2) is 5.78 Å². The minimum absolute atomic E-state index is 0.202. The van der Waals surface area contributed by atoms with Gasteiger partial charge >= 0.3 is 0 Å². The van der Waals surface area contributed by atoms with E-state index in [1.807, 2.05) is 55.0 Å². The van der Waals surface area contributed by atoms with Crippen LogP contribution in [0.4, 0.5) is 5.69 Å². The third-order valence-electron chi connectivity index (χ3n) is 5.19. The van der Waals surface area contributed by atoms with E-state index < -0.39 is 0 Å². The number of ether oxygens (including phenoxy) is 1. The van der Waals surface area contributed by atoms with Crippen LogP contribution in [-0.2, 0) is 7.05 Å². The molecule has 32 heavy (non-hydrogen) atoms. The van der Waals surface area contributed by atoms with E-state index in [4.69, 9.17) is 4.74 Å². The van der Waals surface area contributed by atoms with Crippen LogP contribution in [0.5, 0.6) is 5.75 Å². The quantitative estimate of drug-likeness (QED) is 0.286. The van der Waals surface area contributed by atoms with Gasteiger partial charge in [0.25, 0.3) is 5.91 Å². The molecule has 2 aromatic carbocycles. The van der Waals surface area contributed by atoms with Gasteiger partial charge in [-0.25, -0.2) is 0 Å². The van der Waals surface area contributed by atoms with Crippen LogP contribution in [0.3, 0.4) is 0 Å². The predicted molar refractivity (Wildman–Crippen MR) is 129 cm³/mol. The number of aryl methyl sites for hydroxylation is 1. The number of ketones is 1. The van der Waals surface area contributed by atoms with E-state index in [2.05, 4.69) is 11.9 Å². The smallest absolute Gasteiger partial charge is 0.272 e.